The number of anilines is 1. The molecule has 0 spiro atoms. The molecular weight excluding hydrogens is 574 g/mol. The third-order valence-corrected chi connectivity index (χ3v) is 7.24. The van der Waals surface area contributed by atoms with Crippen molar-refractivity contribution in [3.63, 3.8) is 0 Å². The van der Waals surface area contributed by atoms with Crippen LogP contribution in [0, 0.1) is 13.8 Å². The number of nitrogens with one attached hydrogen (secondary N) is 2. The van der Waals surface area contributed by atoms with Gasteiger partial charge in [0.1, 0.15) is 17.9 Å². The zero-order valence-electron chi connectivity index (χ0n) is 24.8. The summed E-state index contributed by atoms with van der Waals surface area (Å²) in [7, 11) is 3.01. The number of carboxylic acid groups (broad SMARTS) is 3. The number of H-pyrrole nitrogens is 1. The van der Waals surface area contributed by atoms with E-state index in [2.05, 4.69) is 15.3 Å². The van der Waals surface area contributed by atoms with Gasteiger partial charge in [-0.05, 0) is 74.2 Å². The number of aryl methyl sites for hydroxylation is 2. The lowest BCUT2D eigenvalue weighted by Crippen LogP contribution is -2.52. The van der Waals surface area contributed by atoms with Crippen molar-refractivity contribution >= 4 is 46.3 Å². The molecule has 14 heteroatoms. The summed E-state index contributed by atoms with van der Waals surface area (Å²) < 4.78 is 0. The summed E-state index contributed by atoms with van der Waals surface area (Å²) in [5.74, 6) is -4.89. The predicted molar refractivity (Wildman–Crippen MR) is 160 cm³/mol. The minimum Gasteiger partial charge on any atom is -0.481 e. The van der Waals surface area contributed by atoms with Crippen LogP contribution in [0.5, 0.6) is 0 Å². The Morgan fingerprint density at radius 2 is 1.55 bits per heavy atom. The second-order valence-corrected chi connectivity index (χ2v) is 10.5. The highest BCUT2D eigenvalue weighted by molar-refractivity contribution is 5.98. The smallest absolute Gasteiger partial charge is 0.326 e. The van der Waals surface area contributed by atoms with Gasteiger partial charge in [0.05, 0.1) is 10.9 Å². The van der Waals surface area contributed by atoms with Gasteiger partial charge in [0.2, 0.25) is 5.91 Å². The van der Waals surface area contributed by atoms with E-state index in [1.165, 1.54) is 19.2 Å². The number of aromatic nitrogens is 2. The second-order valence-electron chi connectivity index (χ2n) is 10.5. The molecule has 0 radical (unpaired) electrons. The fraction of sp³-hybridized carbons (Fsp3) is 0.367. The van der Waals surface area contributed by atoms with E-state index in [9.17, 15) is 33.9 Å². The largest absolute Gasteiger partial charge is 0.481 e. The van der Waals surface area contributed by atoms with E-state index < -0.39 is 54.6 Å². The molecule has 234 valence electrons. The van der Waals surface area contributed by atoms with E-state index in [-0.39, 0.29) is 24.0 Å². The molecule has 0 aliphatic heterocycles. The molecule has 0 bridgehead atoms. The summed E-state index contributed by atoms with van der Waals surface area (Å²) in [4.78, 5) is 82.3. The molecule has 2 amide bonds. The minimum absolute atomic E-state index is 0.174. The fourth-order valence-electron chi connectivity index (χ4n) is 4.75. The molecule has 44 heavy (non-hydrogen) atoms. The average molecular weight is 610 g/mol. The van der Waals surface area contributed by atoms with Crippen LogP contribution in [0.1, 0.15) is 53.0 Å². The molecule has 0 aliphatic rings. The number of rotatable bonds is 14. The predicted octanol–water partition coefficient (Wildman–Crippen LogP) is 1.92. The van der Waals surface area contributed by atoms with Crippen molar-refractivity contribution < 1.29 is 39.3 Å². The quantitative estimate of drug-likeness (QED) is 0.178. The third kappa shape index (κ3) is 8.40. The first-order valence-corrected chi connectivity index (χ1v) is 13.7. The van der Waals surface area contributed by atoms with Crippen molar-refractivity contribution in [2.24, 2.45) is 0 Å². The first-order valence-electron chi connectivity index (χ1n) is 13.7. The Hall–Kier alpha value is -5.27. The van der Waals surface area contributed by atoms with Crippen LogP contribution in [-0.2, 0) is 25.7 Å². The summed E-state index contributed by atoms with van der Waals surface area (Å²) in [6, 6.07) is 7.25. The number of benzene rings is 2. The summed E-state index contributed by atoms with van der Waals surface area (Å²) in [5.41, 5.74) is 3.16. The van der Waals surface area contributed by atoms with Gasteiger partial charge in [-0.15, -0.1) is 0 Å². The third-order valence-electron chi connectivity index (χ3n) is 7.24. The monoisotopic (exact) mass is 609 g/mol. The van der Waals surface area contributed by atoms with Crippen molar-refractivity contribution in [3.05, 3.63) is 69.3 Å². The molecule has 2 aromatic carbocycles. The van der Waals surface area contributed by atoms with E-state index in [1.54, 1.807) is 25.1 Å². The molecule has 2 atom stereocenters. The number of aliphatic carboxylic acids is 3. The Labute approximate surface area is 252 Å². The number of hydrogen-bond donors (Lipinski definition) is 5. The van der Waals surface area contributed by atoms with Crippen LogP contribution in [0.15, 0.2) is 41.2 Å². The van der Waals surface area contributed by atoms with Crippen LogP contribution in [0.2, 0.25) is 0 Å². The van der Waals surface area contributed by atoms with Crippen LogP contribution < -0.4 is 15.8 Å². The van der Waals surface area contributed by atoms with Crippen LogP contribution >= 0.6 is 0 Å². The number of hydrogen-bond acceptors (Lipinski definition) is 8. The number of carbonyl (C=O) groups is 5. The lowest BCUT2D eigenvalue weighted by Gasteiger charge is -2.29. The lowest BCUT2D eigenvalue weighted by molar-refractivity contribution is -0.151. The van der Waals surface area contributed by atoms with E-state index in [4.69, 9.17) is 10.2 Å². The van der Waals surface area contributed by atoms with Gasteiger partial charge in [0.25, 0.3) is 11.5 Å². The summed E-state index contributed by atoms with van der Waals surface area (Å²) >= 11 is 0. The minimum atomic E-state index is -1.48. The van der Waals surface area contributed by atoms with Crippen LogP contribution in [-0.4, -0.2) is 86.1 Å². The summed E-state index contributed by atoms with van der Waals surface area (Å²) in [6.45, 7) is 4.10. The van der Waals surface area contributed by atoms with Crippen molar-refractivity contribution in [3.8, 4) is 0 Å². The Morgan fingerprint density at radius 1 is 0.932 bits per heavy atom. The van der Waals surface area contributed by atoms with Gasteiger partial charge in [-0.3, -0.25) is 24.0 Å². The standard InChI is InChI=1S/C30H35N5O9/c1-16-13-23-21(28(41)32-17(2)31-23)14-19(16)15-34(3)20-7-5-18(6-8-20)27(40)33-22(9-11-25(36)37)29(42)35(4)24(30(43)44)10-12-26(38)39/h5-8,13-14,22,24H,9-12,15H2,1-4H3,(H,33,40)(H,36,37)(H,38,39)(H,43,44)(H,31,32,41)/t22-,24-/m0/s1. The number of aromatic amines is 1. The number of carbonyl (C=O) groups excluding carboxylic acids is 2. The molecule has 3 aromatic rings. The van der Waals surface area contributed by atoms with Crippen LogP contribution in [0.25, 0.3) is 10.9 Å². The topological polar surface area (TPSA) is 210 Å². The Kier molecular flexibility index (Phi) is 10.8. The van der Waals surface area contributed by atoms with Gasteiger partial charge in [-0.25, -0.2) is 9.78 Å². The number of amides is 2. The van der Waals surface area contributed by atoms with Crippen molar-refractivity contribution in [1.82, 2.24) is 20.2 Å². The maximum absolute atomic E-state index is 13.2. The molecule has 0 fully saturated rings. The number of carboxylic acids is 3. The van der Waals surface area contributed by atoms with E-state index >= 15 is 0 Å². The van der Waals surface area contributed by atoms with Gasteiger partial charge in [-0.1, -0.05) is 0 Å². The lowest BCUT2D eigenvalue weighted by atomic mass is 10.0. The van der Waals surface area contributed by atoms with E-state index in [1.807, 2.05) is 24.9 Å². The van der Waals surface area contributed by atoms with Crippen molar-refractivity contribution in [2.45, 2.75) is 58.2 Å². The number of likely N-dealkylation sites (N-methyl/N-ethyl adjacent to an activating group) is 1. The van der Waals surface area contributed by atoms with Gasteiger partial charge < -0.3 is 35.4 Å². The van der Waals surface area contributed by atoms with Gasteiger partial charge in [-0.2, -0.15) is 0 Å². The maximum Gasteiger partial charge on any atom is 0.326 e. The van der Waals surface area contributed by atoms with Gasteiger partial charge in [0.15, 0.2) is 0 Å². The number of nitrogens with zero attached hydrogens (tertiary/aromatic N) is 3. The molecular formula is C30H35N5O9. The molecule has 3 rings (SSSR count). The highest BCUT2D eigenvalue weighted by atomic mass is 16.4. The second kappa shape index (κ2) is 14.3. The van der Waals surface area contributed by atoms with E-state index in [0.29, 0.717) is 23.3 Å². The van der Waals surface area contributed by atoms with Crippen molar-refractivity contribution in [2.75, 3.05) is 19.0 Å². The zero-order valence-corrected chi connectivity index (χ0v) is 24.8. The Bertz CT molecular complexity index is 1630. The van der Waals surface area contributed by atoms with E-state index in [0.717, 1.165) is 21.7 Å². The summed E-state index contributed by atoms with van der Waals surface area (Å²) in [6.07, 6.45) is -1.65. The number of fused-ring (bicyclic) bond motifs is 1. The van der Waals surface area contributed by atoms with Gasteiger partial charge in [0, 0.05) is 44.7 Å². The first-order chi connectivity index (χ1) is 20.7. The molecule has 1 aromatic heterocycles. The molecule has 14 nitrogen and oxygen atoms in total. The zero-order chi connectivity index (χ0) is 32.7. The highest BCUT2D eigenvalue weighted by Gasteiger charge is 2.32. The highest BCUT2D eigenvalue weighted by Crippen LogP contribution is 2.21. The molecule has 0 aliphatic carbocycles. The SMILES string of the molecule is Cc1nc2cc(C)c(CN(C)c3ccc(C(=O)N[C@@H](CCC(=O)O)C(=O)N(C)[C@@H](CCC(=O)O)C(=O)O)cc3)cc2c(=O)[nH]1. The molecule has 0 saturated carbocycles. The van der Waals surface area contributed by atoms with Crippen LogP contribution in [0.3, 0.4) is 0 Å². The molecule has 1 heterocycles. The fourth-order valence-corrected chi connectivity index (χ4v) is 4.75. The molecule has 0 saturated heterocycles. The molecule has 0 unspecified atom stereocenters. The summed E-state index contributed by atoms with van der Waals surface area (Å²) in [5, 5.41) is 30.6. The first kappa shape index (κ1) is 33.2. The average Bonchev–Trinajstić information content (AvgIpc) is 2.95. The Morgan fingerprint density at radius 3 is 2.14 bits per heavy atom. The maximum atomic E-state index is 13.2. The normalized spacial score (nSPS) is 12.3. The van der Waals surface area contributed by atoms with Crippen molar-refractivity contribution in [1.29, 1.82) is 0 Å². The van der Waals surface area contributed by atoms with Crippen LogP contribution in [0.4, 0.5) is 5.69 Å². The van der Waals surface area contributed by atoms with Gasteiger partial charge >= 0.3 is 17.9 Å². The molecule has 5 N–H and O–H groups in total. The Balaban J connectivity index is 1.75.